The van der Waals surface area contributed by atoms with E-state index in [9.17, 15) is 9.59 Å². The van der Waals surface area contributed by atoms with Crippen molar-refractivity contribution in [1.82, 2.24) is 15.2 Å². The fourth-order valence-electron chi connectivity index (χ4n) is 1.70. The molecule has 0 aliphatic carbocycles. The first-order valence-electron chi connectivity index (χ1n) is 6.71. The second-order valence-corrected chi connectivity index (χ2v) is 4.67. The second kappa shape index (κ2) is 9.31. The fraction of sp³-hybridized carbons (Fsp3) is 0.500. The molecule has 0 fully saturated rings. The quantitative estimate of drug-likeness (QED) is 0.467. The number of pyridine rings is 1. The molecule has 0 aromatic carbocycles. The van der Waals surface area contributed by atoms with E-state index in [-0.39, 0.29) is 0 Å². The lowest BCUT2D eigenvalue weighted by molar-refractivity contribution is -0.145. The topological polar surface area (TPSA) is 62.3 Å². The zero-order valence-electron chi connectivity index (χ0n) is 11.6. The van der Waals surface area contributed by atoms with Gasteiger partial charge in [-0.15, -0.1) is 11.6 Å². The number of carbonyl (C=O) groups is 2. The van der Waals surface area contributed by atoms with Crippen molar-refractivity contribution in [3.63, 3.8) is 0 Å². The van der Waals surface area contributed by atoms with Crippen molar-refractivity contribution in [2.75, 3.05) is 25.5 Å². The average Bonchev–Trinajstić information content (AvgIpc) is 2.48. The summed E-state index contributed by atoms with van der Waals surface area (Å²) >= 11 is 5.52. The predicted molar refractivity (Wildman–Crippen MR) is 78.5 cm³/mol. The van der Waals surface area contributed by atoms with E-state index in [0.717, 1.165) is 5.56 Å². The number of carbonyl (C=O) groups excluding carboxylic acids is 2. The molecular formula is C14H20ClN3O2. The van der Waals surface area contributed by atoms with E-state index in [1.165, 1.54) is 4.90 Å². The Bertz CT molecular complexity index is 426. The van der Waals surface area contributed by atoms with Gasteiger partial charge in [-0.3, -0.25) is 14.6 Å². The third-order valence-electron chi connectivity index (χ3n) is 2.88. The molecule has 5 nitrogen and oxygen atoms in total. The molecule has 0 unspecified atom stereocenters. The van der Waals surface area contributed by atoms with Crippen molar-refractivity contribution in [1.29, 1.82) is 0 Å². The number of likely N-dealkylation sites (N-methyl/N-ethyl adjacent to an activating group) is 1. The van der Waals surface area contributed by atoms with Crippen LogP contribution in [0.15, 0.2) is 24.5 Å². The van der Waals surface area contributed by atoms with E-state index in [1.54, 1.807) is 12.4 Å². The molecule has 0 saturated carbocycles. The maximum atomic E-state index is 12.0. The number of nitrogens with zero attached hydrogens (tertiary/aromatic N) is 2. The van der Waals surface area contributed by atoms with E-state index in [4.69, 9.17) is 11.6 Å². The van der Waals surface area contributed by atoms with Crippen LogP contribution in [-0.4, -0.2) is 47.2 Å². The Labute approximate surface area is 124 Å². The van der Waals surface area contributed by atoms with Gasteiger partial charge in [-0.2, -0.15) is 0 Å². The highest BCUT2D eigenvalue weighted by atomic mass is 35.5. The van der Waals surface area contributed by atoms with E-state index in [1.807, 2.05) is 19.1 Å². The third-order valence-corrected chi connectivity index (χ3v) is 3.15. The normalized spacial score (nSPS) is 10.1. The van der Waals surface area contributed by atoms with Crippen LogP contribution in [0.3, 0.4) is 0 Å². The lowest BCUT2D eigenvalue weighted by Gasteiger charge is -2.20. The van der Waals surface area contributed by atoms with Crippen molar-refractivity contribution in [2.24, 2.45) is 0 Å². The van der Waals surface area contributed by atoms with Gasteiger partial charge in [-0.1, -0.05) is 0 Å². The first-order chi connectivity index (χ1) is 9.69. The van der Waals surface area contributed by atoms with Crippen molar-refractivity contribution in [3.05, 3.63) is 30.1 Å². The van der Waals surface area contributed by atoms with Crippen LogP contribution in [-0.2, 0) is 16.0 Å². The van der Waals surface area contributed by atoms with Gasteiger partial charge in [0.15, 0.2) is 0 Å². The maximum Gasteiger partial charge on any atom is 0.311 e. The number of halogens is 1. The molecule has 0 aliphatic heterocycles. The lowest BCUT2D eigenvalue weighted by Crippen LogP contribution is -2.44. The van der Waals surface area contributed by atoms with Crippen molar-refractivity contribution >= 4 is 23.4 Å². The molecule has 20 heavy (non-hydrogen) atoms. The van der Waals surface area contributed by atoms with Crippen molar-refractivity contribution < 1.29 is 9.59 Å². The Balaban J connectivity index is 2.44. The van der Waals surface area contributed by atoms with Gasteiger partial charge in [0.05, 0.1) is 0 Å². The Hall–Kier alpha value is -1.62. The van der Waals surface area contributed by atoms with Crippen LogP contribution in [0.1, 0.15) is 18.9 Å². The predicted octanol–water partition coefficient (Wildman–Crippen LogP) is 1.22. The molecule has 2 amide bonds. The summed E-state index contributed by atoms with van der Waals surface area (Å²) in [6, 6.07) is 3.80. The molecule has 0 radical (unpaired) electrons. The molecule has 6 heteroatoms. The van der Waals surface area contributed by atoms with Gasteiger partial charge < -0.3 is 10.2 Å². The van der Waals surface area contributed by atoms with E-state index in [0.29, 0.717) is 38.4 Å². The number of hydrogen-bond acceptors (Lipinski definition) is 3. The first kappa shape index (κ1) is 16.4. The fourth-order valence-corrected chi connectivity index (χ4v) is 1.84. The number of aromatic nitrogens is 1. The van der Waals surface area contributed by atoms with E-state index >= 15 is 0 Å². The van der Waals surface area contributed by atoms with Crippen molar-refractivity contribution in [3.8, 4) is 0 Å². The molecule has 110 valence electrons. The monoisotopic (exact) mass is 297 g/mol. The summed E-state index contributed by atoms with van der Waals surface area (Å²) < 4.78 is 0. The zero-order valence-corrected chi connectivity index (χ0v) is 12.4. The molecule has 0 aliphatic rings. The molecule has 1 aromatic rings. The summed E-state index contributed by atoms with van der Waals surface area (Å²) in [5.41, 5.74) is 1.09. The van der Waals surface area contributed by atoms with Crippen LogP contribution in [0.4, 0.5) is 0 Å². The minimum atomic E-state index is -0.563. The van der Waals surface area contributed by atoms with Crippen LogP contribution in [0.2, 0.25) is 0 Å². The molecule has 0 bridgehead atoms. The summed E-state index contributed by atoms with van der Waals surface area (Å²) in [6.07, 6.45) is 4.79. The molecule has 1 aromatic heterocycles. The summed E-state index contributed by atoms with van der Waals surface area (Å²) in [7, 11) is 0. The van der Waals surface area contributed by atoms with E-state index in [2.05, 4.69) is 10.3 Å². The van der Waals surface area contributed by atoms with Crippen LogP contribution in [0.25, 0.3) is 0 Å². The molecule has 1 N–H and O–H groups in total. The maximum absolute atomic E-state index is 12.0. The summed E-state index contributed by atoms with van der Waals surface area (Å²) in [5.74, 6) is -0.587. The van der Waals surface area contributed by atoms with Gasteiger partial charge in [0.1, 0.15) is 0 Å². The molecule has 0 saturated heterocycles. The van der Waals surface area contributed by atoms with Crippen molar-refractivity contribution in [2.45, 2.75) is 19.8 Å². The summed E-state index contributed by atoms with van der Waals surface area (Å²) in [4.78, 5) is 29.1. The molecule has 1 rings (SSSR count). The number of nitrogens with one attached hydrogen (secondary N) is 1. The standard InChI is InChI=1S/C14H20ClN3O2/c1-2-18(11-6-12-4-9-16-10-5-12)14(20)13(19)17-8-3-7-15/h4-5,9-10H,2-3,6-8,11H2,1H3,(H,17,19). The Morgan fingerprint density at radius 3 is 2.65 bits per heavy atom. The molecule has 0 atom stereocenters. The lowest BCUT2D eigenvalue weighted by atomic mass is 10.2. The number of hydrogen-bond donors (Lipinski definition) is 1. The average molecular weight is 298 g/mol. The van der Waals surface area contributed by atoms with Crippen LogP contribution < -0.4 is 5.32 Å². The van der Waals surface area contributed by atoms with Gasteiger partial charge in [0, 0.05) is 37.9 Å². The van der Waals surface area contributed by atoms with Gasteiger partial charge in [-0.25, -0.2) is 0 Å². The van der Waals surface area contributed by atoms with Crippen LogP contribution in [0, 0.1) is 0 Å². The highest BCUT2D eigenvalue weighted by Gasteiger charge is 2.19. The number of alkyl halides is 1. The van der Waals surface area contributed by atoms with Gasteiger partial charge >= 0.3 is 11.8 Å². The van der Waals surface area contributed by atoms with Crippen LogP contribution in [0.5, 0.6) is 0 Å². The molecule has 0 spiro atoms. The minimum absolute atomic E-state index is 0.427. The number of rotatable bonds is 7. The van der Waals surface area contributed by atoms with Gasteiger partial charge in [0.2, 0.25) is 0 Å². The Morgan fingerprint density at radius 2 is 2.05 bits per heavy atom. The molecular weight excluding hydrogens is 278 g/mol. The highest BCUT2D eigenvalue weighted by Crippen LogP contribution is 2.00. The molecule has 1 heterocycles. The Morgan fingerprint density at radius 1 is 1.35 bits per heavy atom. The van der Waals surface area contributed by atoms with E-state index < -0.39 is 11.8 Å². The van der Waals surface area contributed by atoms with Gasteiger partial charge in [0.25, 0.3) is 0 Å². The smallest absolute Gasteiger partial charge is 0.311 e. The second-order valence-electron chi connectivity index (χ2n) is 4.29. The highest BCUT2D eigenvalue weighted by molar-refractivity contribution is 6.35. The van der Waals surface area contributed by atoms with Gasteiger partial charge in [-0.05, 0) is 37.5 Å². The Kier molecular flexibility index (Phi) is 7.65. The number of amides is 2. The zero-order chi connectivity index (χ0) is 14.8. The summed E-state index contributed by atoms with van der Waals surface area (Å²) in [5, 5.41) is 2.57. The first-order valence-corrected chi connectivity index (χ1v) is 7.24. The minimum Gasteiger partial charge on any atom is -0.348 e. The summed E-state index contributed by atoms with van der Waals surface area (Å²) in [6.45, 7) is 3.31. The largest absolute Gasteiger partial charge is 0.348 e. The van der Waals surface area contributed by atoms with Crippen LogP contribution >= 0.6 is 11.6 Å². The third kappa shape index (κ3) is 5.57. The SMILES string of the molecule is CCN(CCc1ccncc1)C(=O)C(=O)NCCCCl.